The fraction of sp³-hybridized carbons (Fsp3) is 0.333. The van der Waals surface area contributed by atoms with Gasteiger partial charge in [0.2, 0.25) is 5.78 Å². The van der Waals surface area contributed by atoms with E-state index in [4.69, 9.17) is 9.47 Å². The highest BCUT2D eigenvalue weighted by Crippen LogP contribution is 2.38. The number of hydrogen-bond donors (Lipinski definition) is 1. The summed E-state index contributed by atoms with van der Waals surface area (Å²) in [6, 6.07) is 9.30. The van der Waals surface area contributed by atoms with Crippen LogP contribution in [-0.2, 0) is 0 Å². The molecule has 3 heterocycles. The molecule has 4 aromatic rings. The van der Waals surface area contributed by atoms with E-state index in [0.29, 0.717) is 11.4 Å². The molecule has 5 rings (SSSR count). The average molecular weight is 567 g/mol. The van der Waals surface area contributed by atoms with Crippen molar-refractivity contribution in [2.45, 2.75) is 20.8 Å². The van der Waals surface area contributed by atoms with Crippen molar-refractivity contribution in [2.24, 2.45) is 0 Å². The Labute approximate surface area is 236 Å². The first-order valence-corrected chi connectivity index (χ1v) is 14.0. The first kappa shape index (κ1) is 27.8. The molecule has 210 valence electrons. The van der Waals surface area contributed by atoms with Gasteiger partial charge in [0.15, 0.2) is 23.1 Å². The van der Waals surface area contributed by atoms with Gasteiger partial charge in [0.1, 0.15) is 11.4 Å². The Morgan fingerprint density at radius 3 is 2.30 bits per heavy atom. The predicted octanol–water partition coefficient (Wildman–Crippen LogP) is 6.33. The van der Waals surface area contributed by atoms with Crippen molar-refractivity contribution in [1.29, 1.82) is 0 Å². The van der Waals surface area contributed by atoms with Crippen LogP contribution in [0.1, 0.15) is 33.3 Å². The molecule has 2 aromatic carbocycles. The van der Waals surface area contributed by atoms with E-state index in [0.717, 1.165) is 71.5 Å². The third kappa shape index (κ3) is 5.09. The lowest BCUT2D eigenvalue weighted by atomic mass is 10.0. The van der Waals surface area contributed by atoms with E-state index in [1.165, 1.54) is 19.9 Å². The molecule has 0 radical (unpaired) electrons. The monoisotopic (exact) mass is 566 g/mol. The highest BCUT2D eigenvalue weighted by molar-refractivity contribution is 7.21. The van der Waals surface area contributed by atoms with E-state index in [9.17, 15) is 4.79 Å². The summed E-state index contributed by atoms with van der Waals surface area (Å²) in [5.41, 5.74) is 3.14. The number of hydrogen-bond acceptors (Lipinski definition) is 8. The predicted molar refractivity (Wildman–Crippen MR) is 156 cm³/mol. The van der Waals surface area contributed by atoms with Gasteiger partial charge in [-0.25, -0.2) is 13.8 Å². The Bertz CT molecular complexity index is 1550. The zero-order chi connectivity index (χ0) is 28.6. The maximum absolute atomic E-state index is 15.0. The van der Waals surface area contributed by atoms with Gasteiger partial charge < -0.3 is 24.6 Å². The number of aryl methyl sites for hydroxylation is 2. The SMILES string of the molecule is CCN1CCN(c2ccc(Nc3cc4c(C)c(C(=O)c5c(F)c(OC)cc(OC)c5F)sc4cn3)c(C)c2)CC1. The first-order chi connectivity index (χ1) is 19.2. The average Bonchev–Trinajstić information content (AvgIpc) is 3.30. The highest BCUT2D eigenvalue weighted by Gasteiger charge is 2.29. The van der Waals surface area contributed by atoms with Crippen LogP contribution in [-0.4, -0.2) is 62.6 Å². The molecular weight excluding hydrogens is 534 g/mol. The summed E-state index contributed by atoms with van der Waals surface area (Å²) in [7, 11) is 2.50. The minimum Gasteiger partial charge on any atom is -0.494 e. The number of fused-ring (bicyclic) bond motifs is 1. The molecule has 1 saturated heterocycles. The number of pyridine rings is 1. The zero-order valence-corrected chi connectivity index (χ0v) is 24.0. The lowest BCUT2D eigenvalue weighted by Gasteiger charge is -2.35. The number of likely N-dealkylation sites (N-methyl/N-ethyl adjacent to an activating group) is 1. The standard InChI is InChI=1S/C30H32F2N4O3S/c1-6-35-9-11-36(12-10-35)19-7-8-21(17(2)13-19)34-25-14-20-18(3)30(40-24(20)16-33-25)29(37)26-27(31)22(38-4)15-23(39-5)28(26)32/h7-8,13-16H,6,9-12H2,1-5H3,(H,33,34). The normalized spacial score (nSPS) is 14.0. The summed E-state index contributed by atoms with van der Waals surface area (Å²) in [4.78, 5) is 23.0. The second-order valence-corrected chi connectivity index (χ2v) is 10.8. The molecule has 1 fully saturated rings. The van der Waals surface area contributed by atoms with Crippen molar-refractivity contribution in [3.05, 3.63) is 69.7 Å². The summed E-state index contributed by atoms with van der Waals surface area (Å²) in [6.45, 7) is 11.2. The van der Waals surface area contributed by atoms with Crippen molar-refractivity contribution in [3.8, 4) is 11.5 Å². The summed E-state index contributed by atoms with van der Waals surface area (Å²) in [5, 5.41) is 4.17. The third-order valence-corrected chi connectivity index (χ3v) is 8.73. The number of ether oxygens (including phenoxy) is 2. The molecule has 1 aliphatic heterocycles. The molecule has 0 amide bonds. The van der Waals surface area contributed by atoms with Crippen LogP contribution in [0.5, 0.6) is 11.5 Å². The summed E-state index contributed by atoms with van der Waals surface area (Å²) >= 11 is 1.15. The zero-order valence-electron chi connectivity index (χ0n) is 23.2. The number of methoxy groups -OCH3 is 2. The van der Waals surface area contributed by atoms with Crippen LogP contribution in [0.2, 0.25) is 0 Å². The fourth-order valence-electron chi connectivity index (χ4n) is 5.05. The van der Waals surface area contributed by atoms with Crippen LogP contribution in [0.15, 0.2) is 36.5 Å². The molecule has 1 N–H and O–H groups in total. The van der Waals surface area contributed by atoms with Gasteiger partial charge in [-0.3, -0.25) is 4.79 Å². The number of benzene rings is 2. The number of anilines is 3. The number of carbonyl (C=O) groups is 1. The van der Waals surface area contributed by atoms with Gasteiger partial charge in [0, 0.05) is 55.2 Å². The molecule has 0 bridgehead atoms. The van der Waals surface area contributed by atoms with E-state index >= 15 is 8.78 Å². The van der Waals surface area contributed by atoms with Crippen LogP contribution in [0.4, 0.5) is 26.0 Å². The number of piperazine rings is 1. The Balaban J connectivity index is 1.41. The smallest absolute Gasteiger partial charge is 0.209 e. The number of thiophene rings is 1. The lowest BCUT2D eigenvalue weighted by molar-refractivity contribution is 0.103. The van der Waals surface area contributed by atoms with Crippen LogP contribution < -0.4 is 19.7 Å². The van der Waals surface area contributed by atoms with E-state index in [1.807, 2.05) is 6.07 Å². The Hall–Kier alpha value is -3.76. The van der Waals surface area contributed by atoms with Crippen molar-refractivity contribution >= 4 is 44.4 Å². The van der Waals surface area contributed by atoms with Gasteiger partial charge in [-0.15, -0.1) is 11.3 Å². The van der Waals surface area contributed by atoms with Crippen LogP contribution in [0, 0.1) is 25.5 Å². The van der Waals surface area contributed by atoms with Gasteiger partial charge in [-0.2, -0.15) is 0 Å². The van der Waals surface area contributed by atoms with E-state index in [1.54, 1.807) is 13.1 Å². The quantitative estimate of drug-likeness (QED) is 0.250. The topological polar surface area (TPSA) is 66.9 Å². The molecule has 2 aromatic heterocycles. The number of halogens is 2. The van der Waals surface area contributed by atoms with Gasteiger partial charge >= 0.3 is 0 Å². The number of nitrogens with one attached hydrogen (secondary N) is 1. The summed E-state index contributed by atoms with van der Waals surface area (Å²) < 4.78 is 40.8. The Kier molecular flexibility index (Phi) is 7.91. The molecular formula is C30H32F2N4O3S. The molecule has 0 atom stereocenters. The van der Waals surface area contributed by atoms with Crippen molar-refractivity contribution in [1.82, 2.24) is 9.88 Å². The van der Waals surface area contributed by atoms with Crippen molar-refractivity contribution < 1.29 is 23.0 Å². The van der Waals surface area contributed by atoms with E-state index < -0.39 is 23.0 Å². The molecule has 0 spiro atoms. The molecule has 10 heteroatoms. The van der Waals surface area contributed by atoms with Crippen LogP contribution in [0.3, 0.4) is 0 Å². The second kappa shape index (κ2) is 11.4. The Morgan fingerprint density at radius 2 is 1.70 bits per heavy atom. The van der Waals surface area contributed by atoms with Crippen molar-refractivity contribution in [3.63, 3.8) is 0 Å². The number of nitrogens with zero attached hydrogens (tertiary/aromatic N) is 3. The van der Waals surface area contributed by atoms with Gasteiger partial charge in [-0.05, 0) is 55.8 Å². The van der Waals surface area contributed by atoms with Crippen LogP contribution >= 0.6 is 11.3 Å². The fourth-order valence-corrected chi connectivity index (χ4v) is 6.16. The van der Waals surface area contributed by atoms with E-state index in [2.05, 4.69) is 52.1 Å². The maximum Gasteiger partial charge on any atom is 0.209 e. The third-order valence-electron chi connectivity index (χ3n) is 7.49. The van der Waals surface area contributed by atoms with Gasteiger partial charge in [0.05, 0.1) is 23.8 Å². The minimum absolute atomic E-state index is 0.228. The molecule has 0 unspecified atom stereocenters. The molecule has 40 heavy (non-hydrogen) atoms. The molecule has 7 nitrogen and oxygen atoms in total. The lowest BCUT2D eigenvalue weighted by Crippen LogP contribution is -2.46. The number of carbonyl (C=O) groups excluding carboxylic acids is 1. The number of rotatable bonds is 8. The second-order valence-electron chi connectivity index (χ2n) is 9.78. The minimum atomic E-state index is -1.06. The maximum atomic E-state index is 15.0. The summed E-state index contributed by atoms with van der Waals surface area (Å²) in [6.07, 6.45) is 1.67. The summed E-state index contributed by atoms with van der Waals surface area (Å²) in [5.74, 6) is -2.81. The molecule has 1 aliphatic rings. The first-order valence-electron chi connectivity index (χ1n) is 13.1. The van der Waals surface area contributed by atoms with Gasteiger partial charge in [-0.1, -0.05) is 6.92 Å². The number of ketones is 1. The molecule has 0 saturated carbocycles. The highest BCUT2D eigenvalue weighted by atomic mass is 32.1. The van der Waals surface area contributed by atoms with Crippen LogP contribution in [0.25, 0.3) is 10.1 Å². The Morgan fingerprint density at radius 1 is 1.02 bits per heavy atom. The van der Waals surface area contributed by atoms with Gasteiger partial charge in [0.25, 0.3) is 0 Å². The number of aromatic nitrogens is 1. The largest absolute Gasteiger partial charge is 0.494 e. The molecule has 0 aliphatic carbocycles. The van der Waals surface area contributed by atoms with E-state index in [-0.39, 0.29) is 16.4 Å². The van der Waals surface area contributed by atoms with Crippen molar-refractivity contribution in [2.75, 3.05) is 57.2 Å².